The first-order valence-electron chi connectivity index (χ1n) is 6.70. The van der Waals surface area contributed by atoms with Gasteiger partial charge in [-0.1, -0.05) is 48.2 Å². The van der Waals surface area contributed by atoms with Crippen LogP contribution in [0.3, 0.4) is 0 Å². The molecule has 2 heterocycles. The first-order chi connectivity index (χ1) is 10.3. The summed E-state index contributed by atoms with van der Waals surface area (Å²) in [4.78, 5) is 1.45. The van der Waals surface area contributed by atoms with Crippen molar-refractivity contribution in [2.24, 2.45) is 0 Å². The van der Waals surface area contributed by atoms with Gasteiger partial charge in [0, 0.05) is 16.0 Å². The standard InChI is InChI=1S/C17H14OS3/c1-19-15-16(20-2)21-17(15)11-7-3-5-9-13(11)18-14-10-6-4-8-12(14)17/h3-10H,1-2H3. The van der Waals surface area contributed by atoms with E-state index in [2.05, 4.69) is 48.9 Å². The van der Waals surface area contributed by atoms with Crippen molar-refractivity contribution in [1.29, 1.82) is 0 Å². The molecule has 0 saturated carbocycles. The van der Waals surface area contributed by atoms with Gasteiger partial charge in [0.1, 0.15) is 16.2 Å². The van der Waals surface area contributed by atoms with Crippen LogP contribution in [-0.2, 0) is 4.75 Å². The number of ether oxygens (including phenoxy) is 1. The fourth-order valence-corrected chi connectivity index (χ4v) is 7.16. The second-order valence-corrected chi connectivity index (χ2v) is 8.02. The zero-order valence-electron chi connectivity index (χ0n) is 11.8. The van der Waals surface area contributed by atoms with Crippen LogP contribution in [0.15, 0.2) is 57.7 Å². The largest absolute Gasteiger partial charge is 0.457 e. The number of para-hydroxylation sites is 2. The van der Waals surface area contributed by atoms with Gasteiger partial charge in [-0.25, -0.2) is 0 Å². The van der Waals surface area contributed by atoms with Crippen LogP contribution in [0.25, 0.3) is 0 Å². The summed E-state index contributed by atoms with van der Waals surface area (Å²) >= 11 is 5.66. The van der Waals surface area contributed by atoms with Crippen LogP contribution in [0.4, 0.5) is 0 Å². The first kappa shape index (κ1) is 13.7. The number of hydrogen-bond donors (Lipinski definition) is 0. The molecule has 0 unspecified atom stereocenters. The third-order valence-electron chi connectivity index (χ3n) is 3.89. The molecule has 2 aromatic rings. The summed E-state index contributed by atoms with van der Waals surface area (Å²) in [7, 11) is 0. The summed E-state index contributed by atoms with van der Waals surface area (Å²) in [6.45, 7) is 0. The minimum atomic E-state index is -0.0802. The molecule has 2 aromatic carbocycles. The molecule has 1 nitrogen and oxygen atoms in total. The molecule has 0 fully saturated rings. The topological polar surface area (TPSA) is 9.23 Å². The van der Waals surface area contributed by atoms with E-state index in [4.69, 9.17) is 4.74 Å². The van der Waals surface area contributed by atoms with Gasteiger partial charge < -0.3 is 4.74 Å². The molecule has 0 N–H and O–H groups in total. The Hall–Kier alpha value is -0.970. The number of hydrogen-bond acceptors (Lipinski definition) is 4. The molecule has 106 valence electrons. The minimum Gasteiger partial charge on any atom is -0.457 e. The van der Waals surface area contributed by atoms with Crippen LogP contribution in [0.5, 0.6) is 11.5 Å². The number of thioether (sulfide) groups is 3. The van der Waals surface area contributed by atoms with Crippen molar-refractivity contribution in [2.75, 3.05) is 12.5 Å². The van der Waals surface area contributed by atoms with E-state index in [1.165, 1.54) is 20.3 Å². The molecule has 1 spiro atoms. The monoisotopic (exact) mass is 330 g/mol. The Morgan fingerprint density at radius 3 is 1.95 bits per heavy atom. The zero-order valence-corrected chi connectivity index (χ0v) is 14.2. The van der Waals surface area contributed by atoms with Gasteiger partial charge in [-0.15, -0.1) is 23.5 Å². The highest BCUT2D eigenvalue weighted by molar-refractivity contribution is 8.26. The molecular formula is C17H14OS3. The van der Waals surface area contributed by atoms with E-state index < -0.39 is 0 Å². The molecule has 0 bridgehead atoms. The Bertz CT molecular complexity index is 706. The van der Waals surface area contributed by atoms with E-state index in [9.17, 15) is 0 Å². The number of fused-ring (bicyclic) bond motifs is 4. The first-order valence-corrected chi connectivity index (χ1v) is 9.96. The quantitative estimate of drug-likeness (QED) is 0.700. The molecule has 4 rings (SSSR count). The fraction of sp³-hybridized carbons (Fsp3) is 0.176. The molecule has 0 saturated heterocycles. The van der Waals surface area contributed by atoms with E-state index in [-0.39, 0.29) is 4.75 Å². The van der Waals surface area contributed by atoms with Crippen molar-refractivity contribution in [1.82, 2.24) is 0 Å². The molecule has 0 atom stereocenters. The lowest BCUT2D eigenvalue weighted by atomic mass is 9.86. The maximum Gasteiger partial charge on any atom is 0.132 e. The SMILES string of the molecule is CSC1=C(SC)C2(S1)c1ccccc1Oc1ccccc12. The van der Waals surface area contributed by atoms with E-state index in [0.29, 0.717) is 0 Å². The van der Waals surface area contributed by atoms with Crippen molar-refractivity contribution in [2.45, 2.75) is 4.75 Å². The van der Waals surface area contributed by atoms with Crippen molar-refractivity contribution in [3.63, 3.8) is 0 Å². The minimum absolute atomic E-state index is 0.0802. The smallest absolute Gasteiger partial charge is 0.132 e. The second-order valence-electron chi connectivity index (χ2n) is 4.90. The zero-order chi connectivity index (χ0) is 14.4. The summed E-state index contributed by atoms with van der Waals surface area (Å²) in [5, 5.41) is 0. The summed E-state index contributed by atoms with van der Waals surface area (Å²) in [6.07, 6.45) is 4.33. The average Bonchev–Trinajstić information content (AvgIpc) is 2.51. The van der Waals surface area contributed by atoms with Gasteiger partial charge in [-0.3, -0.25) is 0 Å². The highest BCUT2D eigenvalue weighted by Gasteiger charge is 2.53. The average molecular weight is 330 g/mol. The second kappa shape index (κ2) is 5.04. The Morgan fingerprint density at radius 2 is 1.43 bits per heavy atom. The number of benzene rings is 2. The van der Waals surface area contributed by atoms with E-state index >= 15 is 0 Å². The van der Waals surface area contributed by atoms with Crippen LogP contribution in [0.2, 0.25) is 0 Å². The van der Waals surface area contributed by atoms with Gasteiger partial charge in [0.25, 0.3) is 0 Å². The van der Waals surface area contributed by atoms with Crippen LogP contribution >= 0.6 is 35.3 Å². The Morgan fingerprint density at radius 1 is 0.857 bits per heavy atom. The van der Waals surface area contributed by atoms with Gasteiger partial charge in [0.15, 0.2) is 0 Å². The van der Waals surface area contributed by atoms with Gasteiger partial charge in [-0.05, 0) is 24.6 Å². The molecule has 4 heteroatoms. The van der Waals surface area contributed by atoms with Crippen LogP contribution in [0.1, 0.15) is 11.1 Å². The van der Waals surface area contributed by atoms with Crippen LogP contribution < -0.4 is 4.74 Å². The molecule has 0 radical (unpaired) electrons. The summed E-state index contributed by atoms with van der Waals surface area (Å²) in [5.41, 5.74) is 2.55. The summed E-state index contributed by atoms with van der Waals surface area (Å²) in [5.74, 6) is 1.96. The van der Waals surface area contributed by atoms with Crippen molar-refractivity contribution < 1.29 is 4.74 Å². The van der Waals surface area contributed by atoms with E-state index in [1.54, 1.807) is 0 Å². The van der Waals surface area contributed by atoms with Gasteiger partial charge in [0.2, 0.25) is 0 Å². The van der Waals surface area contributed by atoms with Crippen molar-refractivity contribution >= 4 is 35.3 Å². The third-order valence-corrected chi connectivity index (χ3v) is 7.86. The summed E-state index contributed by atoms with van der Waals surface area (Å²) in [6, 6.07) is 16.8. The van der Waals surface area contributed by atoms with E-state index in [1.807, 2.05) is 47.4 Å². The summed E-state index contributed by atoms with van der Waals surface area (Å²) < 4.78 is 7.46. The normalized spacial score (nSPS) is 17.8. The maximum absolute atomic E-state index is 6.12. The van der Waals surface area contributed by atoms with Gasteiger partial charge in [0.05, 0.1) is 4.24 Å². The molecule has 0 aromatic heterocycles. The molecule has 0 aliphatic carbocycles. The predicted octanol–water partition coefficient (Wildman–Crippen LogP) is 5.68. The fourth-order valence-electron chi connectivity index (χ4n) is 3.00. The molecule has 2 aliphatic heterocycles. The molecule has 21 heavy (non-hydrogen) atoms. The van der Waals surface area contributed by atoms with E-state index in [0.717, 1.165) is 11.5 Å². The van der Waals surface area contributed by atoms with Crippen LogP contribution in [0, 0.1) is 0 Å². The molecule has 0 amide bonds. The van der Waals surface area contributed by atoms with Crippen molar-refractivity contribution in [3.05, 3.63) is 68.8 Å². The molecular weight excluding hydrogens is 316 g/mol. The van der Waals surface area contributed by atoms with Crippen LogP contribution in [-0.4, -0.2) is 12.5 Å². The highest BCUT2D eigenvalue weighted by atomic mass is 32.2. The van der Waals surface area contributed by atoms with Gasteiger partial charge >= 0.3 is 0 Å². The Labute approximate surface area is 137 Å². The number of rotatable bonds is 2. The lowest BCUT2D eigenvalue weighted by Gasteiger charge is -2.47. The van der Waals surface area contributed by atoms with Gasteiger partial charge in [-0.2, -0.15) is 0 Å². The molecule has 2 aliphatic rings. The lowest BCUT2D eigenvalue weighted by molar-refractivity contribution is 0.447. The predicted molar refractivity (Wildman–Crippen MR) is 95.4 cm³/mol. The highest BCUT2D eigenvalue weighted by Crippen LogP contribution is 2.70. The van der Waals surface area contributed by atoms with Crippen molar-refractivity contribution in [3.8, 4) is 11.5 Å². The lowest BCUT2D eigenvalue weighted by Crippen LogP contribution is -2.35. The Balaban J connectivity index is 2.02. The Kier molecular flexibility index (Phi) is 3.28. The third kappa shape index (κ3) is 1.76. The maximum atomic E-state index is 6.12.